The van der Waals surface area contributed by atoms with Gasteiger partial charge < -0.3 is 20.1 Å². The van der Waals surface area contributed by atoms with E-state index < -0.39 is 24.1 Å². The number of hydrogen-bond acceptors (Lipinski definition) is 5. The monoisotopic (exact) mass is 331 g/mol. The van der Waals surface area contributed by atoms with E-state index >= 15 is 0 Å². The molecule has 0 radical (unpaired) electrons. The van der Waals surface area contributed by atoms with Crippen LogP contribution in [0.1, 0.15) is 18.5 Å². The van der Waals surface area contributed by atoms with Crippen LogP contribution in [0.3, 0.4) is 0 Å². The largest absolute Gasteiger partial charge is 0.497 e. The molecule has 8 heteroatoms. The molecule has 2 aliphatic heterocycles. The molecular weight excluding hydrogens is 314 g/mol. The summed E-state index contributed by atoms with van der Waals surface area (Å²) in [5.41, 5.74) is 1.27. The number of ether oxygens (including phenoxy) is 2. The minimum atomic E-state index is -0.693. The molecule has 1 aromatic carbocycles. The molecule has 0 aromatic heterocycles. The average molecular weight is 331 g/mol. The Kier molecular flexibility index (Phi) is 4.11. The highest BCUT2D eigenvalue weighted by atomic mass is 16.5. The maximum Gasteiger partial charge on any atom is 0.338 e. The quantitative estimate of drug-likeness (QED) is 0.811. The average Bonchev–Trinajstić information content (AvgIpc) is 2.97. The fraction of sp³-hybridized carbons (Fsp3) is 0.312. The molecule has 1 atom stereocenters. The van der Waals surface area contributed by atoms with Crippen LogP contribution in [-0.2, 0) is 9.53 Å². The molecule has 1 aromatic rings. The van der Waals surface area contributed by atoms with Crippen LogP contribution >= 0.6 is 0 Å². The Hall–Kier alpha value is -3.03. The van der Waals surface area contributed by atoms with Crippen molar-refractivity contribution in [2.45, 2.75) is 13.0 Å². The first-order valence-corrected chi connectivity index (χ1v) is 7.49. The zero-order chi connectivity index (χ0) is 17.3. The Bertz CT molecular complexity index is 726. The van der Waals surface area contributed by atoms with Gasteiger partial charge in [-0.15, -0.1) is 0 Å². The molecule has 24 heavy (non-hydrogen) atoms. The van der Waals surface area contributed by atoms with Gasteiger partial charge in [0.25, 0.3) is 0 Å². The van der Waals surface area contributed by atoms with Gasteiger partial charge in [0.15, 0.2) is 0 Å². The van der Waals surface area contributed by atoms with Crippen LogP contribution in [0.15, 0.2) is 35.5 Å². The summed E-state index contributed by atoms with van der Waals surface area (Å²) in [6.45, 7) is 2.00. The van der Waals surface area contributed by atoms with Gasteiger partial charge >= 0.3 is 18.0 Å². The van der Waals surface area contributed by atoms with Crippen molar-refractivity contribution in [3.63, 3.8) is 0 Å². The Labute approximate surface area is 138 Å². The SMILES string of the molecule is CCOC(=O)C1=C2CNC(=O)N2C(=O)NC1c1ccc(OC)cc1. The first-order valence-electron chi connectivity index (χ1n) is 7.49. The lowest BCUT2D eigenvalue weighted by atomic mass is 9.95. The zero-order valence-electron chi connectivity index (χ0n) is 13.3. The Morgan fingerprint density at radius 1 is 1.25 bits per heavy atom. The Morgan fingerprint density at radius 2 is 1.96 bits per heavy atom. The topological polar surface area (TPSA) is 97.0 Å². The number of fused-ring (bicyclic) bond motifs is 1. The lowest BCUT2D eigenvalue weighted by Crippen LogP contribution is -2.48. The molecule has 2 heterocycles. The number of esters is 1. The zero-order valence-corrected chi connectivity index (χ0v) is 13.3. The molecular formula is C16H17N3O5. The molecule has 3 rings (SSSR count). The van der Waals surface area contributed by atoms with Crippen LogP contribution in [0.2, 0.25) is 0 Å². The summed E-state index contributed by atoms with van der Waals surface area (Å²) in [5, 5.41) is 5.24. The lowest BCUT2D eigenvalue weighted by Gasteiger charge is -2.31. The van der Waals surface area contributed by atoms with Gasteiger partial charge in [-0.05, 0) is 24.6 Å². The van der Waals surface area contributed by atoms with Gasteiger partial charge in [-0.1, -0.05) is 12.1 Å². The standard InChI is InChI=1S/C16H17N3O5/c1-3-24-14(20)12-11-8-17-15(21)19(11)16(22)18-13(12)9-4-6-10(23-2)7-5-9/h4-7,13H,3,8H2,1-2H3,(H,17,21)(H,18,22). The van der Waals surface area contributed by atoms with Gasteiger partial charge in [-0.25, -0.2) is 19.3 Å². The van der Waals surface area contributed by atoms with Gasteiger partial charge in [-0.3, -0.25) is 0 Å². The lowest BCUT2D eigenvalue weighted by molar-refractivity contribution is -0.139. The van der Waals surface area contributed by atoms with Gasteiger partial charge in [0.2, 0.25) is 0 Å². The highest BCUT2D eigenvalue weighted by Crippen LogP contribution is 2.33. The smallest absolute Gasteiger partial charge is 0.338 e. The second-order valence-corrected chi connectivity index (χ2v) is 5.23. The van der Waals surface area contributed by atoms with E-state index in [0.717, 1.165) is 4.90 Å². The van der Waals surface area contributed by atoms with E-state index in [1.54, 1.807) is 38.3 Å². The first-order chi connectivity index (χ1) is 11.6. The molecule has 8 nitrogen and oxygen atoms in total. The predicted octanol–water partition coefficient (Wildman–Crippen LogP) is 1.30. The maximum atomic E-state index is 12.4. The van der Waals surface area contributed by atoms with Crippen molar-refractivity contribution >= 4 is 18.0 Å². The molecule has 2 N–H and O–H groups in total. The van der Waals surface area contributed by atoms with Crippen LogP contribution in [-0.4, -0.2) is 43.2 Å². The molecule has 2 aliphatic rings. The van der Waals surface area contributed by atoms with E-state index in [2.05, 4.69) is 10.6 Å². The summed E-state index contributed by atoms with van der Waals surface area (Å²) in [5.74, 6) is 0.0976. The summed E-state index contributed by atoms with van der Waals surface area (Å²) < 4.78 is 10.2. The van der Waals surface area contributed by atoms with Crippen molar-refractivity contribution in [2.24, 2.45) is 0 Å². The van der Waals surface area contributed by atoms with Crippen molar-refractivity contribution in [3.05, 3.63) is 41.1 Å². The number of urea groups is 2. The number of rotatable bonds is 4. The molecule has 0 spiro atoms. The van der Waals surface area contributed by atoms with Crippen LogP contribution in [0.5, 0.6) is 5.75 Å². The Morgan fingerprint density at radius 3 is 2.58 bits per heavy atom. The summed E-state index contributed by atoms with van der Waals surface area (Å²) >= 11 is 0. The van der Waals surface area contributed by atoms with E-state index in [0.29, 0.717) is 17.0 Å². The highest BCUT2D eigenvalue weighted by molar-refractivity contribution is 6.04. The van der Waals surface area contributed by atoms with E-state index in [4.69, 9.17) is 9.47 Å². The molecule has 4 amide bonds. The summed E-state index contributed by atoms with van der Waals surface area (Å²) in [6.07, 6.45) is 0. The van der Waals surface area contributed by atoms with Gasteiger partial charge in [0.1, 0.15) is 5.75 Å². The summed E-state index contributed by atoms with van der Waals surface area (Å²) in [7, 11) is 1.55. The molecule has 1 fully saturated rings. The van der Waals surface area contributed by atoms with E-state index in [-0.39, 0.29) is 18.7 Å². The third-order valence-corrected chi connectivity index (χ3v) is 3.90. The third kappa shape index (κ3) is 2.55. The number of nitrogens with zero attached hydrogens (tertiary/aromatic N) is 1. The number of amides is 4. The van der Waals surface area contributed by atoms with Crippen molar-refractivity contribution in [3.8, 4) is 5.75 Å². The van der Waals surface area contributed by atoms with E-state index in [1.807, 2.05) is 0 Å². The Balaban J connectivity index is 2.07. The van der Waals surface area contributed by atoms with Crippen molar-refractivity contribution in [1.29, 1.82) is 0 Å². The molecule has 0 saturated carbocycles. The van der Waals surface area contributed by atoms with Crippen molar-refractivity contribution in [2.75, 3.05) is 20.3 Å². The predicted molar refractivity (Wildman–Crippen MR) is 83.2 cm³/mol. The second kappa shape index (κ2) is 6.23. The van der Waals surface area contributed by atoms with Gasteiger partial charge in [-0.2, -0.15) is 0 Å². The summed E-state index contributed by atoms with van der Waals surface area (Å²) in [6, 6.07) is 5.15. The van der Waals surface area contributed by atoms with E-state index in [9.17, 15) is 14.4 Å². The number of methoxy groups -OCH3 is 1. The third-order valence-electron chi connectivity index (χ3n) is 3.90. The van der Waals surface area contributed by atoms with E-state index in [1.165, 1.54) is 0 Å². The maximum absolute atomic E-state index is 12.4. The minimum absolute atomic E-state index is 0.104. The molecule has 1 saturated heterocycles. The number of hydrogen-bond donors (Lipinski definition) is 2. The van der Waals surface area contributed by atoms with Crippen LogP contribution in [0.4, 0.5) is 9.59 Å². The van der Waals surface area contributed by atoms with Crippen LogP contribution < -0.4 is 15.4 Å². The highest BCUT2D eigenvalue weighted by Gasteiger charge is 2.43. The van der Waals surface area contributed by atoms with Crippen molar-refractivity contribution in [1.82, 2.24) is 15.5 Å². The summed E-state index contributed by atoms with van der Waals surface area (Å²) in [4.78, 5) is 37.5. The minimum Gasteiger partial charge on any atom is -0.497 e. The van der Waals surface area contributed by atoms with Crippen LogP contribution in [0.25, 0.3) is 0 Å². The number of nitrogens with one attached hydrogen (secondary N) is 2. The fourth-order valence-electron chi connectivity index (χ4n) is 2.79. The molecule has 126 valence electrons. The molecule has 1 unspecified atom stereocenters. The number of imide groups is 1. The molecule has 0 aliphatic carbocycles. The second-order valence-electron chi connectivity index (χ2n) is 5.23. The van der Waals surface area contributed by atoms with Gasteiger partial charge in [0, 0.05) is 0 Å². The van der Waals surface area contributed by atoms with Crippen molar-refractivity contribution < 1.29 is 23.9 Å². The number of carbonyl (C=O) groups is 3. The normalized spacial score (nSPS) is 19.6. The molecule has 0 bridgehead atoms. The first kappa shape index (κ1) is 15.9. The number of carbonyl (C=O) groups excluding carboxylic acids is 3. The fourth-order valence-corrected chi connectivity index (χ4v) is 2.79. The van der Waals surface area contributed by atoms with Crippen LogP contribution in [0, 0.1) is 0 Å². The van der Waals surface area contributed by atoms with Gasteiger partial charge in [0.05, 0.1) is 37.6 Å². The number of benzene rings is 1.